The van der Waals surface area contributed by atoms with Crippen molar-refractivity contribution in [1.82, 2.24) is 5.32 Å². The van der Waals surface area contributed by atoms with Gasteiger partial charge in [-0.25, -0.2) is 0 Å². The SMILES string of the molecule is CC(=O)Nc1ccc(C(=O)NC(CO)CC(C)C)s1. The molecule has 3 N–H and O–H groups in total. The molecular formula is C13H20N2O3S. The highest BCUT2D eigenvalue weighted by molar-refractivity contribution is 7.18. The normalized spacial score (nSPS) is 12.3. The molecule has 1 atom stereocenters. The van der Waals surface area contributed by atoms with Crippen molar-refractivity contribution in [2.75, 3.05) is 11.9 Å². The molecule has 2 amide bonds. The van der Waals surface area contributed by atoms with Crippen LogP contribution in [0.2, 0.25) is 0 Å². The van der Waals surface area contributed by atoms with Gasteiger partial charge in [-0.05, 0) is 24.5 Å². The van der Waals surface area contributed by atoms with Gasteiger partial charge in [-0.2, -0.15) is 0 Å². The van der Waals surface area contributed by atoms with E-state index in [0.29, 0.717) is 15.8 Å². The van der Waals surface area contributed by atoms with E-state index >= 15 is 0 Å². The van der Waals surface area contributed by atoms with Gasteiger partial charge < -0.3 is 15.7 Å². The average molecular weight is 284 g/mol. The minimum atomic E-state index is -0.237. The van der Waals surface area contributed by atoms with E-state index in [1.165, 1.54) is 18.3 Å². The van der Waals surface area contributed by atoms with E-state index < -0.39 is 0 Å². The molecule has 106 valence electrons. The fraction of sp³-hybridized carbons (Fsp3) is 0.538. The summed E-state index contributed by atoms with van der Waals surface area (Å²) in [7, 11) is 0. The first kappa shape index (κ1) is 15.7. The van der Waals surface area contributed by atoms with E-state index in [2.05, 4.69) is 10.6 Å². The second kappa shape index (κ2) is 7.25. The van der Waals surface area contributed by atoms with Gasteiger partial charge in [0.1, 0.15) is 0 Å². The molecule has 19 heavy (non-hydrogen) atoms. The lowest BCUT2D eigenvalue weighted by molar-refractivity contribution is -0.114. The van der Waals surface area contributed by atoms with E-state index in [9.17, 15) is 14.7 Å². The molecule has 0 saturated carbocycles. The fourth-order valence-electron chi connectivity index (χ4n) is 1.71. The van der Waals surface area contributed by atoms with Gasteiger partial charge in [0.05, 0.1) is 22.5 Å². The molecule has 0 bridgehead atoms. The second-order valence-corrected chi connectivity index (χ2v) is 5.91. The Labute approximate surface area is 117 Å². The summed E-state index contributed by atoms with van der Waals surface area (Å²) >= 11 is 1.22. The van der Waals surface area contributed by atoms with Gasteiger partial charge in [-0.15, -0.1) is 11.3 Å². The van der Waals surface area contributed by atoms with Gasteiger partial charge in [0.2, 0.25) is 5.91 Å². The molecule has 0 aliphatic rings. The predicted molar refractivity (Wildman–Crippen MR) is 76.4 cm³/mol. The van der Waals surface area contributed by atoms with Crippen LogP contribution in [0.1, 0.15) is 36.9 Å². The Morgan fingerprint density at radius 1 is 1.37 bits per heavy atom. The summed E-state index contributed by atoms with van der Waals surface area (Å²) < 4.78 is 0. The number of hydrogen-bond donors (Lipinski definition) is 3. The number of hydrogen-bond acceptors (Lipinski definition) is 4. The fourth-order valence-corrected chi connectivity index (χ4v) is 2.56. The van der Waals surface area contributed by atoms with Gasteiger partial charge in [0, 0.05) is 6.92 Å². The van der Waals surface area contributed by atoms with Crippen molar-refractivity contribution in [3.05, 3.63) is 17.0 Å². The molecule has 1 unspecified atom stereocenters. The number of carbonyl (C=O) groups is 2. The molecule has 0 aromatic carbocycles. The van der Waals surface area contributed by atoms with Crippen molar-refractivity contribution in [2.24, 2.45) is 5.92 Å². The number of thiophene rings is 1. The summed E-state index contributed by atoms with van der Waals surface area (Å²) in [5, 5.41) is 15.3. The number of carbonyl (C=O) groups excluding carboxylic acids is 2. The third-order valence-electron chi connectivity index (χ3n) is 2.44. The van der Waals surface area contributed by atoms with Crippen molar-refractivity contribution in [2.45, 2.75) is 33.2 Å². The van der Waals surface area contributed by atoms with Crippen LogP contribution >= 0.6 is 11.3 Å². The number of amides is 2. The largest absolute Gasteiger partial charge is 0.394 e. The summed E-state index contributed by atoms with van der Waals surface area (Å²) in [6.45, 7) is 5.42. The first-order valence-corrected chi connectivity index (χ1v) is 7.03. The molecule has 1 heterocycles. The third kappa shape index (κ3) is 5.40. The zero-order chi connectivity index (χ0) is 14.4. The first-order valence-electron chi connectivity index (χ1n) is 6.21. The molecule has 0 radical (unpaired) electrons. The molecule has 0 fully saturated rings. The lowest BCUT2D eigenvalue weighted by Gasteiger charge is -2.17. The summed E-state index contributed by atoms with van der Waals surface area (Å²) in [6, 6.07) is 3.12. The maximum atomic E-state index is 12.0. The van der Waals surface area contributed by atoms with Crippen molar-refractivity contribution < 1.29 is 14.7 Å². The molecule has 1 rings (SSSR count). The molecule has 0 spiro atoms. The summed E-state index contributed by atoms with van der Waals surface area (Å²) in [5.41, 5.74) is 0. The van der Waals surface area contributed by atoms with Gasteiger partial charge in [0.15, 0.2) is 0 Å². The molecule has 1 aromatic rings. The monoisotopic (exact) mass is 284 g/mol. The Bertz CT molecular complexity index is 443. The van der Waals surface area contributed by atoms with Crippen LogP contribution in [0.25, 0.3) is 0 Å². The van der Waals surface area contributed by atoms with Crippen molar-refractivity contribution in [3.8, 4) is 0 Å². The van der Waals surface area contributed by atoms with Gasteiger partial charge >= 0.3 is 0 Å². The first-order chi connectivity index (χ1) is 8.92. The van der Waals surface area contributed by atoms with Crippen molar-refractivity contribution in [1.29, 1.82) is 0 Å². The van der Waals surface area contributed by atoms with Crippen LogP contribution in [0.15, 0.2) is 12.1 Å². The number of nitrogens with one attached hydrogen (secondary N) is 2. The van der Waals surface area contributed by atoms with Crippen LogP contribution in [-0.2, 0) is 4.79 Å². The van der Waals surface area contributed by atoms with Gasteiger partial charge in [-0.3, -0.25) is 9.59 Å². The van der Waals surface area contributed by atoms with E-state index in [0.717, 1.165) is 6.42 Å². The number of rotatable bonds is 6. The minimum Gasteiger partial charge on any atom is -0.394 e. The molecule has 0 aliphatic heterocycles. The van der Waals surface area contributed by atoms with Crippen LogP contribution in [0.5, 0.6) is 0 Å². The maximum Gasteiger partial charge on any atom is 0.261 e. The molecular weight excluding hydrogens is 264 g/mol. The van der Waals surface area contributed by atoms with Gasteiger partial charge in [-0.1, -0.05) is 13.8 Å². The predicted octanol–water partition coefficient (Wildman–Crippen LogP) is 1.84. The minimum absolute atomic E-state index is 0.0755. The summed E-state index contributed by atoms with van der Waals surface area (Å²) in [5.74, 6) is 0.0129. The third-order valence-corrected chi connectivity index (χ3v) is 3.44. The topological polar surface area (TPSA) is 78.4 Å². The quantitative estimate of drug-likeness (QED) is 0.746. The summed E-state index contributed by atoms with van der Waals surface area (Å²) in [4.78, 5) is 23.4. The zero-order valence-corrected chi connectivity index (χ0v) is 12.2. The van der Waals surface area contributed by atoms with E-state index in [1.807, 2.05) is 13.8 Å². The smallest absolute Gasteiger partial charge is 0.261 e. The highest BCUT2D eigenvalue weighted by atomic mass is 32.1. The number of aliphatic hydroxyl groups is 1. The highest BCUT2D eigenvalue weighted by Crippen LogP contribution is 2.22. The Morgan fingerprint density at radius 3 is 2.58 bits per heavy atom. The van der Waals surface area contributed by atoms with E-state index in [1.54, 1.807) is 12.1 Å². The Kier molecular flexibility index (Phi) is 5.98. The lowest BCUT2D eigenvalue weighted by atomic mass is 10.0. The molecule has 6 heteroatoms. The number of aliphatic hydroxyl groups excluding tert-OH is 1. The van der Waals surface area contributed by atoms with Crippen LogP contribution in [0.4, 0.5) is 5.00 Å². The molecule has 0 saturated heterocycles. The number of anilines is 1. The molecule has 5 nitrogen and oxygen atoms in total. The van der Waals surface area contributed by atoms with Crippen LogP contribution < -0.4 is 10.6 Å². The van der Waals surface area contributed by atoms with Crippen molar-refractivity contribution >= 4 is 28.2 Å². The second-order valence-electron chi connectivity index (χ2n) is 4.83. The molecule has 0 aliphatic carbocycles. The Morgan fingerprint density at radius 2 is 2.05 bits per heavy atom. The highest BCUT2D eigenvalue weighted by Gasteiger charge is 2.16. The lowest BCUT2D eigenvalue weighted by Crippen LogP contribution is -2.38. The maximum absolute atomic E-state index is 12.0. The van der Waals surface area contributed by atoms with Crippen LogP contribution in [0, 0.1) is 5.92 Å². The van der Waals surface area contributed by atoms with Crippen LogP contribution in [0.3, 0.4) is 0 Å². The summed E-state index contributed by atoms with van der Waals surface area (Å²) in [6.07, 6.45) is 0.728. The Hall–Kier alpha value is -1.40. The van der Waals surface area contributed by atoms with Crippen molar-refractivity contribution in [3.63, 3.8) is 0 Å². The van der Waals surface area contributed by atoms with Crippen LogP contribution in [-0.4, -0.2) is 29.6 Å². The van der Waals surface area contributed by atoms with E-state index in [4.69, 9.17) is 0 Å². The zero-order valence-electron chi connectivity index (χ0n) is 11.4. The average Bonchev–Trinajstić information content (AvgIpc) is 2.75. The standard InChI is InChI=1S/C13H20N2O3S/c1-8(2)6-10(7-16)15-13(18)11-4-5-12(19-11)14-9(3)17/h4-5,8,10,16H,6-7H2,1-3H3,(H,14,17)(H,15,18). The molecule has 1 aromatic heterocycles. The Balaban J connectivity index is 2.61. The van der Waals surface area contributed by atoms with E-state index in [-0.39, 0.29) is 24.5 Å². The van der Waals surface area contributed by atoms with Gasteiger partial charge in [0.25, 0.3) is 5.91 Å².